The van der Waals surface area contributed by atoms with Crippen LogP contribution in [0.2, 0.25) is 0 Å². The Morgan fingerprint density at radius 3 is 1.83 bits per heavy atom. The molecule has 0 spiro atoms. The van der Waals surface area contributed by atoms with Gasteiger partial charge in [0.25, 0.3) is 0 Å². The van der Waals surface area contributed by atoms with Gasteiger partial charge in [0.2, 0.25) is 0 Å². The van der Waals surface area contributed by atoms with Gasteiger partial charge in [0.1, 0.15) is 0 Å². The van der Waals surface area contributed by atoms with Crippen LogP contribution in [0.3, 0.4) is 0 Å². The van der Waals surface area contributed by atoms with Crippen molar-refractivity contribution in [3.05, 3.63) is 107 Å². The molecule has 1 aliphatic rings. The second kappa shape index (κ2) is 12.3. The van der Waals surface area contributed by atoms with Gasteiger partial charge in [0.15, 0.2) is 0 Å². The van der Waals surface area contributed by atoms with Gasteiger partial charge in [-0.3, -0.25) is 0 Å². The molecule has 4 rings (SSSR count). The van der Waals surface area contributed by atoms with E-state index in [1.807, 2.05) is 18.2 Å². The summed E-state index contributed by atoms with van der Waals surface area (Å²) in [7, 11) is 0. The van der Waals surface area contributed by atoms with Gasteiger partial charge in [-0.2, -0.15) is 12.5 Å². The van der Waals surface area contributed by atoms with Crippen LogP contribution in [0.5, 0.6) is 0 Å². The molecule has 0 heterocycles. The van der Waals surface area contributed by atoms with Crippen molar-refractivity contribution in [2.75, 3.05) is 0 Å². The quantitative estimate of drug-likeness (QED) is 0.383. The van der Waals surface area contributed by atoms with E-state index >= 15 is 0 Å². The van der Waals surface area contributed by atoms with Crippen molar-refractivity contribution in [3.8, 4) is 0 Å². The first-order chi connectivity index (χ1) is 12.9. The molecule has 1 N–H and O–H groups in total. The van der Waals surface area contributed by atoms with Crippen LogP contribution in [0.4, 0.5) is 5.69 Å². The Bertz CT molecular complexity index is 1040. The van der Waals surface area contributed by atoms with Gasteiger partial charge in [-0.1, -0.05) is 83.6 Å². The standard InChI is InChI=1S/C20H21.C6H6N.2ClH.Ti/c1-12-13(2)15(4)20(14(12)3)19-11-10-17-8-6-7-9-18(17)16(19)5;7-6-4-2-1-3-5-6;;;/h6-11,14H,5H2,1-4H3;1-5,7H;2*1H;/q2*-1;;;+2/p-2. The summed E-state index contributed by atoms with van der Waals surface area (Å²) in [6, 6.07) is 22.1. The fourth-order valence-corrected chi connectivity index (χ4v) is 3.83. The first-order valence-electron chi connectivity index (χ1n) is 9.41. The van der Waals surface area contributed by atoms with Crippen LogP contribution < -0.4 is 24.8 Å². The molecule has 0 amide bonds. The van der Waals surface area contributed by atoms with E-state index in [0.29, 0.717) is 11.6 Å². The largest absolute Gasteiger partial charge is 2.00 e. The molecule has 30 heavy (non-hydrogen) atoms. The third-order valence-corrected chi connectivity index (χ3v) is 5.75. The number of benzene rings is 3. The maximum atomic E-state index is 7.00. The van der Waals surface area contributed by atoms with Crippen LogP contribution in [0.25, 0.3) is 22.1 Å². The smallest absolute Gasteiger partial charge is 1.00 e. The molecule has 1 atom stereocenters. The minimum absolute atomic E-state index is 0. The minimum Gasteiger partial charge on any atom is -1.00 e. The van der Waals surface area contributed by atoms with E-state index in [9.17, 15) is 0 Å². The second-order valence-corrected chi connectivity index (χ2v) is 7.25. The second-order valence-electron chi connectivity index (χ2n) is 7.25. The zero-order chi connectivity index (χ0) is 19.6. The van der Waals surface area contributed by atoms with Crippen LogP contribution in [0, 0.1) is 12.8 Å². The number of hydrogen-bond donors (Lipinski definition) is 0. The Balaban J connectivity index is 0.000000726. The van der Waals surface area contributed by atoms with Crippen LogP contribution in [0.1, 0.15) is 38.8 Å². The molecule has 1 unspecified atom stereocenters. The molecule has 0 aliphatic heterocycles. The molecule has 0 saturated heterocycles. The topological polar surface area (TPSA) is 23.8 Å². The molecular weight excluding hydrogens is 445 g/mol. The predicted octanol–water partition coefficient (Wildman–Crippen LogP) is 2.16. The summed E-state index contributed by atoms with van der Waals surface area (Å²) in [5, 5.41) is 2.53. The number of halogens is 2. The van der Waals surface area contributed by atoms with Gasteiger partial charge in [-0.15, -0.1) is 28.8 Å². The molecule has 0 fully saturated rings. The van der Waals surface area contributed by atoms with Gasteiger partial charge in [0.05, 0.1) is 0 Å². The van der Waals surface area contributed by atoms with Crippen molar-refractivity contribution in [2.24, 2.45) is 5.92 Å². The van der Waals surface area contributed by atoms with Crippen molar-refractivity contribution >= 4 is 22.0 Å². The van der Waals surface area contributed by atoms with Gasteiger partial charge < -0.3 is 30.5 Å². The number of allylic oxidation sites excluding steroid dienone is 4. The van der Waals surface area contributed by atoms with Crippen LogP contribution in [0.15, 0.2) is 83.4 Å². The Hall–Kier alpha value is -1.64. The fraction of sp³-hybridized carbons (Fsp3) is 0.192. The summed E-state index contributed by atoms with van der Waals surface area (Å²) in [5.74, 6) is 0.497. The molecule has 0 saturated carbocycles. The monoisotopic (exact) mass is 471 g/mol. The van der Waals surface area contributed by atoms with Crippen molar-refractivity contribution in [1.29, 1.82) is 0 Å². The van der Waals surface area contributed by atoms with Crippen molar-refractivity contribution in [2.45, 2.75) is 27.7 Å². The summed E-state index contributed by atoms with van der Waals surface area (Å²) < 4.78 is 0. The Labute approximate surface area is 208 Å². The number of rotatable bonds is 1. The zero-order valence-electron chi connectivity index (χ0n) is 17.9. The number of hydrogen-bond acceptors (Lipinski definition) is 0. The van der Waals surface area contributed by atoms with Gasteiger partial charge in [-0.05, 0) is 32.3 Å². The molecule has 3 aromatic carbocycles. The molecule has 0 radical (unpaired) electrons. The number of fused-ring (bicyclic) bond motifs is 1. The predicted molar refractivity (Wildman–Crippen MR) is 119 cm³/mol. The van der Waals surface area contributed by atoms with Crippen LogP contribution >= 0.6 is 0 Å². The summed E-state index contributed by atoms with van der Waals surface area (Å²) >= 11 is 0. The molecule has 0 aromatic heterocycles. The van der Waals surface area contributed by atoms with E-state index in [1.54, 1.807) is 12.1 Å². The molecule has 1 aliphatic carbocycles. The van der Waals surface area contributed by atoms with E-state index in [2.05, 4.69) is 71.0 Å². The third-order valence-electron chi connectivity index (χ3n) is 5.75. The maximum absolute atomic E-state index is 7.00. The van der Waals surface area contributed by atoms with Gasteiger partial charge in [0, 0.05) is 0 Å². The summed E-state index contributed by atoms with van der Waals surface area (Å²) in [6.07, 6.45) is 0. The molecule has 1 nitrogen and oxygen atoms in total. The summed E-state index contributed by atoms with van der Waals surface area (Å²) in [4.78, 5) is 0. The Kier molecular flexibility index (Phi) is 11.6. The molecule has 4 heteroatoms. The van der Waals surface area contributed by atoms with Crippen molar-refractivity contribution < 1.29 is 46.5 Å². The van der Waals surface area contributed by atoms with Crippen LogP contribution in [-0.2, 0) is 21.7 Å². The van der Waals surface area contributed by atoms with Crippen LogP contribution in [-0.4, -0.2) is 0 Å². The minimum atomic E-state index is 0. The first-order valence-corrected chi connectivity index (χ1v) is 9.41. The molecular formula is C26H27Cl2NTi-2. The zero-order valence-corrected chi connectivity index (χ0v) is 21.0. The maximum Gasteiger partial charge on any atom is 2.00 e. The van der Waals surface area contributed by atoms with Gasteiger partial charge in [-0.25, -0.2) is 0 Å². The Morgan fingerprint density at radius 1 is 0.767 bits per heavy atom. The van der Waals surface area contributed by atoms with Gasteiger partial charge >= 0.3 is 21.7 Å². The molecule has 3 aromatic rings. The van der Waals surface area contributed by atoms with Crippen molar-refractivity contribution in [1.82, 2.24) is 0 Å². The Morgan fingerprint density at radius 2 is 1.33 bits per heavy atom. The van der Waals surface area contributed by atoms with E-state index in [0.717, 1.165) is 5.56 Å². The number of nitrogens with one attached hydrogen (secondary N) is 1. The average molecular weight is 472 g/mol. The SMILES string of the molecule is [CH2-]c1c(C2=C(C)C(C)=C(C)C2C)ccc2ccccc12.[Cl-].[Cl-].[NH-]c1ccccc1.[Ti+2]. The first kappa shape index (κ1) is 28.4. The average Bonchev–Trinajstić information content (AvgIpc) is 2.87. The summed E-state index contributed by atoms with van der Waals surface area (Å²) in [6.45, 7) is 13.4. The fourth-order valence-electron chi connectivity index (χ4n) is 3.83. The molecule has 156 valence electrons. The van der Waals surface area contributed by atoms with Crippen molar-refractivity contribution in [3.63, 3.8) is 0 Å². The third kappa shape index (κ3) is 5.74. The summed E-state index contributed by atoms with van der Waals surface area (Å²) in [5.41, 5.74) is 15.9. The van der Waals surface area contributed by atoms with E-state index < -0.39 is 0 Å². The van der Waals surface area contributed by atoms with E-state index in [1.165, 1.54) is 38.6 Å². The van der Waals surface area contributed by atoms with E-state index in [-0.39, 0.29) is 46.5 Å². The molecule has 0 bridgehead atoms. The normalized spacial score (nSPS) is 14.9. The van der Waals surface area contributed by atoms with E-state index in [4.69, 9.17) is 5.73 Å².